The molecule has 160 valence electrons. The Balaban J connectivity index is 1.70. The zero-order valence-electron chi connectivity index (χ0n) is 16.2. The number of carbonyl (C=O) groups excluding carboxylic acids is 1. The third-order valence-corrected chi connectivity index (χ3v) is 4.55. The average Bonchev–Trinajstić information content (AvgIpc) is 3.49. The van der Waals surface area contributed by atoms with Crippen molar-refractivity contribution in [1.82, 2.24) is 29.7 Å². The number of halogens is 3. The Labute approximate surface area is 173 Å². The Morgan fingerprint density at radius 1 is 1.23 bits per heavy atom. The highest BCUT2D eigenvalue weighted by Gasteiger charge is 2.35. The van der Waals surface area contributed by atoms with E-state index in [0.29, 0.717) is 11.3 Å². The first-order valence-corrected chi connectivity index (χ1v) is 9.13. The zero-order valence-corrected chi connectivity index (χ0v) is 16.2. The van der Waals surface area contributed by atoms with E-state index in [2.05, 4.69) is 25.0 Å². The number of rotatable bonds is 6. The molecule has 1 amide bonds. The lowest BCUT2D eigenvalue weighted by molar-refractivity contribution is -0.141. The predicted molar refractivity (Wildman–Crippen MR) is 102 cm³/mol. The Bertz CT molecular complexity index is 1150. The van der Waals surface area contributed by atoms with E-state index in [-0.39, 0.29) is 28.9 Å². The van der Waals surface area contributed by atoms with Crippen molar-refractivity contribution in [2.75, 3.05) is 7.11 Å². The van der Waals surface area contributed by atoms with Crippen LogP contribution in [0.5, 0.6) is 6.01 Å². The number of aromatic nitrogens is 6. The summed E-state index contributed by atoms with van der Waals surface area (Å²) >= 11 is 0. The van der Waals surface area contributed by atoms with E-state index in [0.717, 1.165) is 18.9 Å². The van der Waals surface area contributed by atoms with E-state index >= 15 is 0 Å². The van der Waals surface area contributed by atoms with Gasteiger partial charge in [0, 0.05) is 41.3 Å². The molecule has 31 heavy (non-hydrogen) atoms. The fraction of sp³-hybridized carbons (Fsp3) is 0.263. The largest absolute Gasteiger partial charge is 0.467 e. The minimum absolute atomic E-state index is 0.0135. The average molecular weight is 431 g/mol. The number of hydrogen-bond donors (Lipinski definition) is 1. The van der Waals surface area contributed by atoms with Crippen LogP contribution in [-0.2, 0) is 11.0 Å². The SMILES string of the molecule is COc1ncc(/C(=C\n2cnc(-c3cc(C4CC4)nc(C(F)(F)F)c3)n2)C(N)=O)cn1. The summed E-state index contributed by atoms with van der Waals surface area (Å²) in [5.41, 5.74) is 5.34. The van der Waals surface area contributed by atoms with Gasteiger partial charge < -0.3 is 10.5 Å². The number of ether oxygens (including phenoxy) is 1. The van der Waals surface area contributed by atoms with Crippen molar-refractivity contribution in [2.24, 2.45) is 5.73 Å². The molecule has 12 heteroatoms. The second kappa shape index (κ2) is 7.78. The van der Waals surface area contributed by atoms with Crippen LogP contribution in [0.2, 0.25) is 0 Å². The summed E-state index contributed by atoms with van der Waals surface area (Å²) in [6.07, 6.45) is 2.25. The molecule has 1 aliphatic carbocycles. The first kappa shape index (κ1) is 20.4. The number of nitrogens with two attached hydrogens (primary N) is 1. The maximum Gasteiger partial charge on any atom is 0.433 e. The summed E-state index contributed by atoms with van der Waals surface area (Å²) in [5, 5.41) is 4.17. The number of hydrogen-bond acceptors (Lipinski definition) is 7. The van der Waals surface area contributed by atoms with Crippen LogP contribution in [0.4, 0.5) is 13.2 Å². The Morgan fingerprint density at radius 3 is 2.52 bits per heavy atom. The summed E-state index contributed by atoms with van der Waals surface area (Å²) in [7, 11) is 1.40. The standard InChI is InChI=1S/C19H16F3N7O2/c1-31-18-24-6-12(7-25-18)13(16(23)30)8-29-9-26-17(28-29)11-4-14(10-2-3-10)27-15(5-11)19(20,21)22/h4-10H,2-3H2,1H3,(H2,23,30)/b13-8+. The van der Waals surface area contributed by atoms with Gasteiger partial charge in [-0.25, -0.2) is 24.6 Å². The van der Waals surface area contributed by atoms with Crippen LogP contribution in [0.15, 0.2) is 30.9 Å². The van der Waals surface area contributed by atoms with Crippen molar-refractivity contribution in [2.45, 2.75) is 24.9 Å². The number of pyridine rings is 1. The highest BCUT2D eigenvalue weighted by molar-refractivity contribution is 6.22. The van der Waals surface area contributed by atoms with Crippen LogP contribution in [-0.4, -0.2) is 42.7 Å². The van der Waals surface area contributed by atoms with Gasteiger partial charge in [-0.15, -0.1) is 5.10 Å². The molecular formula is C19H16F3N7O2. The van der Waals surface area contributed by atoms with E-state index in [9.17, 15) is 18.0 Å². The summed E-state index contributed by atoms with van der Waals surface area (Å²) in [6.45, 7) is 0. The molecule has 0 aliphatic heterocycles. The van der Waals surface area contributed by atoms with Crippen molar-refractivity contribution in [3.8, 4) is 17.4 Å². The molecule has 0 bridgehead atoms. The van der Waals surface area contributed by atoms with E-state index in [1.165, 1.54) is 36.7 Å². The fourth-order valence-corrected chi connectivity index (χ4v) is 2.86. The molecule has 0 radical (unpaired) electrons. The van der Waals surface area contributed by atoms with E-state index in [4.69, 9.17) is 10.5 Å². The summed E-state index contributed by atoms with van der Waals surface area (Å²) in [5.74, 6) is -0.703. The Hall–Kier alpha value is -3.83. The second-order valence-electron chi connectivity index (χ2n) is 6.85. The van der Waals surface area contributed by atoms with Gasteiger partial charge in [0.2, 0.25) is 0 Å². The molecule has 1 saturated carbocycles. The normalized spacial score (nSPS) is 14.5. The van der Waals surface area contributed by atoms with Gasteiger partial charge in [-0.3, -0.25) is 4.79 Å². The maximum absolute atomic E-state index is 13.3. The van der Waals surface area contributed by atoms with Gasteiger partial charge in [-0.05, 0) is 25.0 Å². The highest BCUT2D eigenvalue weighted by Crippen LogP contribution is 2.41. The van der Waals surface area contributed by atoms with Crippen LogP contribution in [0.1, 0.15) is 35.7 Å². The quantitative estimate of drug-likeness (QED) is 0.595. The van der Waals surface area contributed by atoms with Gasteiger partial charge in [0.1, 0.15) is 12.0 Å². The van der Waals surface area contributed by atoms with Gasteiger partial charge in [0.25, 0.3) is 5.91 Å². The number of amides is 1. The van der Waals surface area contributed by atoms with Gasteiger partial charge in [0.05, 0.1) is 12.7 Å². The molecule has 0 saturated heterocycles. The number of nitrogens with zero attached hydrogens (tertiary/aromatic N) is 6. The smallest absolute Gasteiger partial charge is 0.433 e. The van der Waals surface area contributed by atoms with Crippen molar-refractivity contribution in [1.29, 1.82) is 0 Å². The first-order valence-electron chi connectivity index (χ1n) is 9.13. The van der Waals surface area contributed by atoms with Crippen LogP contribution in [0.25, 0.3) is 23.2 Å². The predicted octanol–water partition coefficient (Wildman–Crippen LogP) is 2.52. The van der Waals surface area contributed by atoms with Crippen LogP contribution >= 0.6 is 0 Å². The van der Waals surface area contributed by atoms with Crippen molar-refractivity contribution in [3.05, 3.63) is 47.8 Å². The third-order valence-electron chi connectivity index (χ3n) is 4.55. The molecule has 0 atom stereocenters. The topological polar surface area (TPSA) is 122 Å². The van der Waals surface area contributed by atoms with Crippen LogP contribution in [0, 0.1) is 0 Å². The van der Waals surface area contributed by atoms with Crippen LogP contribution in [0.3, 0.4) is 0 Å². The van der Waals surface area contributed by atoms with Gasteiger partial charge >= 0.3 is 12.2 Å². The molecule has 0 spiro atoms. The molecule has 0 unspecified atom stereocenters. The van der Waals surface area contributed by atoms with Crippen molar-refractivity contribution >= 4 is 17.7 Å². The monoisotopic (exact) mass is 431 g/mol. The second-order valence-corrected chi connectivity index (χ2v) is 6.85. The lowest BCUT2D eigenvalue weighted by Gasteiger charge is -2.09. The molecule has 1 aliphatic rings. The minimum Gasteiger partial charge on any atom is -0.467 e. The number of carbonyl (C=O) groups is 1. The van der Waals surface area contributed by atoms with E-state index in [1.807, 2.05) is 0 Å². The fourth-order valence-electron chi connectivity index (χ4n) is 2.86. The minimum atomic E-state index is -4.59. The molecule has 3 aromatic heterocycles. The molecule has 3 heterocycles. The summed E-state index contributed by atoms with van der Waals surface area (Å²) in [6, 6.07) is 2.57. The Kier molecular flexibility index (Phi) is 5.13. The van der Waals surface area contributed by atoms with Gasteiger partial charge in [-0.1, -0.05) is 0 Å². The van der Waals surface area contributed by atoms with E-state index in [1.54, 1.807) is 6.07 Å². The highest BCUT2D eigenvalue weighted by atomic mass is 19.4. The maximum atomic E-state index is 13.3. The molecule has 1 fully saturated rings. The molecule has 0 aromatic carbocycles. The Morgan fingerprint density at radius 2 is 1.94 bits per heavy atom. The third kappa shape index (κ3) is 4.52. The molecule has 2 N–H and O–H groups in total. The molecule has 9 nitrogen and oxygen atoms in total. The number of methoxy groups -OCH3 is 1. The number of primary amides is 1. The lowest BCUT2D eigenvalue weighted by atomic mass is 10.1. The molecule has 4 rings (SSSR count). The summed E-state index contributed by atoms with van der Waals surface area (Å²) in [4.78, 5) is 27.5. The van der Waals surface area contributed by atoms with Crippen molar-refractivity contribution in [3.63, 3.8) is 0 Å². The van der Waals surface area contributed by atoms with E-state index < -0.39 is 17.8 Å². The summed E-state index contributed by atoms with van der Waals surface area (Å²) < 4.78 is 45.9. The van der Waals surface area contributed by atoms with Crippen LogP contribution < -0.4 is 10.5 Å². The zero-order chi connectivity index (χ0) is 22.2. The molecule has 3 aromatic rings. The molecular weight excluding hydrogens is 415 g/mol. The van der Waals surface area contributed by atoms with Gasteiger partial charge in [-0.2, -0.15) is 13.2 Å². The van der Waals surface area contributed by atoms with Crippen molar-refractivity contribution < 1.29 is 22.7 Å². The first-order chi connectivity index (χ1) is 14.7. The van der Waals surface area contributed by atoms with Gasteiger partial charge in [0.15, 0.2) is 5.82 Å². The lowest BCUT2D eigenvalue weighted by Crippen LogP contribution is -2.14. The number of alkyl halides is 3.